The van der Waals surface area contributed by atoms with Gasteiger partial charge in [-0.15, -0.1) is 0 Å². The van der Waals surface area contributed by atoms with Gasteiger partial charge in [0.1, 0.15) is 5.75 Å². The first-order chi connectivity index (χ1) is 11.0. The minimum atomic E-state index is -1.12. The highest BCUT2D eigenvalue weighted by Gasteiger charge is 2.11. The van der Waals surface area contributed by atoms with Crippen LogP contribution in [0.3, 0.4) is 0 Å². The molecule has 6 heteroatoms. The number of rotatable bonds is 6. The highest BCUT2D eigenvalue weighted by molar-refractivity contribution is 6.33. The maximum absolute atomic E-state index is 12.2. The molecule has 2 N–H and O–H groups in total. The van der Waals surface area contributed by atoms with Crippen molar-refractivity contribution in [1.29, 1.82) is 0 Å². The summed E-state index contributed by atoms with van der Waals surface area (Å²) in [5.41, 5.74) is 0.880. The van der Waals surface area contributed by atoms with Gasteiger partial charge < -0.3 is 15.2 Å². The van der Waals surface area contributed by atoms with E-state index in [1.165, 1.54) is 18.2 Å². The fraction of sp³-hybridized carbons (Fsp3) is 0.176. The SMILES string of the molecule is CCCOc1ccc(C(=O)Nc2ccc(C(=O)O)c(Cl)c2)cc1. The summed E-state index contributed by atoms with van der Waals surface area (Å²) >= 11 is 5.87. The van der Waals surface area contributed by atoms with Crippen molar-refractivity contribution >= 4 is 29.2 Å². The van der Waals surface area contributed by atoms with Crippen LogP contribution in [0.15, 0.2) is 42.5 Å². The predicted octanol–water partition coefficient (Wildman–Crippen LogP) is 4.08. The number of aromatic carboxylic acids is 1. The van der Waals surface area contributed by atoms with Crippen LogP contribution in [0.2, 0.25) is 5.02 Å². The minimum absolute atomic E-state index is 0.0120. The van der Waals surface area contributed by atoms with E-state index in [9.17, 15) is 9.59 Å². The van der Waals surface area contributed by atoms with Gasteiger partial charge in [-0.3, -0.25) is 4.79 Å². The van der Waals surface area contributed by atoms with Crippen LogP contribution >= 0.6 is 11.6 Å². The Labute approximate surface area is 138 Å². The third kappa shape index (κ3) is 4.47. The summed E-state index contributed by atoms with van der Waals surface area (Å²) in [6.07, 6.45) is 0.912. The molecule has 0 radical (unpaired) electrons. The second-order valence-electron chi connectivity index (χ2n) is 4.83. The molecule has 2 rings (SSSR count). The molecule has 0 saturated carbocycles. The fourth-order valence-corrected chi connectivity index (χ4v) is 2.15. The Kier molecular flexibility index (Phi) is 5.60. The number of anilines is 1. The number of carbonyl (C=O) groups is 2. The van der Waals surface area contributed by atoms with Crippen molar-refractivity contribution in [3.63, 3.8) is 0 Å². The van der Waals surface area contributed by atoms with Crippen LogP contribution in [0.4, 0.5) is 5.69 Å². The number of amides is 1. The highest BCUT2D eigenvalue weighted by Crippen LogP contribution is 2.22. The maximum Gasteiger partial charge on any atom is 0.337 e. The van der Waals surface area contributed by atoms with E-state index in [2.05, 4.69) is 5.32 Å². The molecule has 0 spiro atoms. The quantitative estimate of drug-likeness (QED) is 0.835. The Morgan fingerprint density at radius 3 is 2.43 bits per heavy atom. The lowest BCUT2D eigenvalue weighted by molar-refractivity contribution is 0.0697. The van der Waals surface area contributed by atoms with Crippen LogP contribution in [0.1, 0.15) is 34.1 Å². The van der Waals surface area contributed by atoms with Crippen molar-refractivity contribution in [3.8, 4) is 5.75 Å². The van der Waals surface area contributed by atoms with Gasteiger partial charge in [0, 0.05) is 11.3 Å². The molecule has 0 aliphatic rings. The van der Waals surface area contributed by atoms with E-state index in [0.29, 0.717) is 23.6 Å². The van der Waals surface area contributed by atoms with Gasteiger partial charge in [0.2, 0.25) is 0 Å². The molecular weight excluding hydrogens is 318 g/mol. The van der Waals surface area contributed by atoms with Crippen LogP contribution in [-0.2, 0) is 0 Å². The fourth-order valence-electron chi connectivity index (χ4n) is 1.89. The zero-order chi connectivity index (χ0) is 16.8. The largest absolute Gasteiger partial charge is 0.494 e. The van der Waals surface area contributed by atoms with Crippen LogP contribution in [-0.4, -0.2) is 23.6 Å². The van der Waals surface area contributed by atoms with E-state index in [1.54, 1.807) is 24.3 Å². The number of benzene rings is 2. The molecular formula is C17H16ClNO4. The predicted molar refractivity (Wildman–Crippen MR) is 88.6 cm³/mol. The Balaban J connectivity index is 2.06. The van der Waals surface area contributed by atoms with Gasteiger partial charge in [-0.1, -0.05) is 18.5 Å². The lowest BCUT2D eigenvalue weighted by Gasteiger charge is -2.08. The molecule has 0 heterocycles. The van der Waals surface area contributed by atoms with Crippen LogP contribution in [0.5, 0.6) is 5.75 Å². The van der Waals surface area contributed by atoms with E-state index in [1.807, 2.05) is 6.92 Å². The van der Waals surface area contributed by atoms with E-state index >= 15 is 0 Å². The maximum atomic E-state index is 12.2. The normalized spacial score (nSPS) is 10.2. The monoisotopic (exact) mass is 333 g/mol. The van der Waals surface area contributed by atoms with E-state index < -0.39 is 5.97 Å². The molecule has 1 amide bonds. The number of ether oxygens (including phenoxy) is 1. The average Bonchev–Trinajstić information content (AvgIpc) is 2.53. The van der Waals surface area contributed by atoms with Gasteiger partial charge in [-0.2, -0.15) is 0 Å². The standard InChI is InChI=1S/C17H16ClNO4/c1-2-9-23-13-6-3-11(4-7-13)16(20)19-12-5-8-14(17(21)22)15(18)10-12/h3-8,10H,2,9H2,1H3,(H,19,20)(H,21,22). The molecule has 0 aliphatic carbocycles. The Morgan fingerprint density at radius 1 is 1.17 bits per heavy atom. The number of carboxylic acid groups (broad SMARTS) is 1. The first kappa shape index (κ1) is 16.8. The molecule has 0 aliphatic heterocycles. The third-order valence-electron chi connectivity index (χ3n) is 3.05. The molecule has 0 unspecified atom stereocenters. The molecule has 0 saturated heterocycles. The lowest BCUT2D eigenvalue weighted by Crippen LogP contribution is -2.12. The van der Waals surface area contributed by atoms with Gasteiger partial charge in [0.05, 0.1) is 17.2 Å². The van der Waals surface area contributed by atoms with Gasteiger partial charge in [-0.25, -0.2) is 4.79 Å². The van der Waals surface area contributed by atoms with Gasteiger partial charge in [0.15, 0.2) is 0 Å². The molecule has 0 atom stereocenters. The zero-order valence-corrected chi connectivity index (χ0v) is 13.3. The summed E-state index contributed by atoms with van der Waals surface area (Å²) in [6.45, 7) is 2.64. The van der Waals surface area contributed by atoms with Crippen LogP contribution in [0.25, 0.3) is 0 Å². The number of hydrogen-bond donors (Lipinski definition) is 2. The van der Waals surface area contributed by atoms with E-state index in [0.717, 1.165) is 6.42 Å². The third-order valence-corrected chi connectivity index (χ3v) is 3.36. The summed E-state index contributed by atoms with van der Waals surface area (Å²) in [4.78, 5) is 23.1. The number of carboxylic acids is 1. The minimum Gasteiger partial charge on any atom is -0.494 e. The van der Waals surface area contributed by atoms with Crippen molar-refractivity contribution in [3.05, 3.63) is 58.6 Å². The smallest absolute Gasteiger partial charge is 0.337 e. The first-order valence-electron chi connectivity index (χ1n) is 7.08. The van der Waals surface area contributed by atoms with Gasteiger partial charge in [-0.05, 0) is 48.9 Å². The number of hydrogen-bond acceptors (Lipinski definition) is 3. The lowest BCUT2D eigenvalue weighted by atomic mass is 10.1. The van der Waals surface area contributed by atoms with Crippen LogP contribution < -0.4 is 10.1 Å². The topological polar surface area (TPSA) is 75.6 Å². The Hall–Kier alpha value is -2.53. The molecule has 23 heavy (non-hydrogen) atoms. The zero-order valence-electron chi connectivity index (χ0n) is 12.5. The number of carbonyl (C=O) groups excluding carboxylic acids is 1. The Bertz CT molecular complexity index is 713. The molecule has 120 valence electrons. The summed E-state index contributed by atoms with van der Waals surface area (Å²) in [5, 5.41) is 11.7. The summed E-state index contributed by atoms with van der Waals surface area (Å²) in [7, 11) is 0. The average molecular weight is 334 g/mol. The molecule has 0 aromatic heterocycles. The van der Waals surface area contributed by atoms with Crippen molar-refractivity contribution in [2.75, 3.05) is 11.9 Å². The molecule has 2 aromatic carbocycles. The number of nitrogens with one attached hydrogen (secondary N) is 1. The van der Waals surface area contributed by atoms with Crippen molar-refractivity contribution in [2.24, 2.45) is 0 Å². The Morgan fingerprint density at radius 2 is 1.87 bits per heavy atom. The van der Waals surface area contributed by atoms with Crippen molar-refractivity contribution in [2.45, 2.75) is 13.3 Å². The first-order valence-corrected chi connectivity index (χ1v) is 7.46. The molecule has 2 aromatic rings. The summed E-state index contributed by atoms with van der Waals surface area (Å²) in [5.74, 6) is -0.723. The second kappa shape index (κ2) is 7.65. The highest BCUT2D eigenvalue weighted by atomic mass is 35.5. The molecule has 5 nitrogen and oxygen atoms in total. The summed E-state index contributed by atoms with van der Waals surface area (Å²) in [6, 6.07) is 11.0. The second-order valence-corrected chi connectivity index (χ2v) is 5.23. The number of halogens is 1. The molecule has 0 bridgehead atoms. The van der Waals surface area contributed by atoms with Crippen molar-refractivity contribution in [1.82, 2.24) is 0 Å². The van der Waals surface area contributed by atoms with Crippen molar-refractivity contribution < 1.29 is 19.4 Å². The van der Waals surface area contributed by atoms with Gasteiger partial charge >= 0.3 is 5.97 Å². The van der Waals surface area contributed by atoms with Gasteiger partial charge in [0.25, 0.3) is 5.91 Å². The summed E-state index contributed by atoms with van der Waals surface area (Å²) < 4.78 is 5.45. The van der Waals surface area contributed by atoms with Crippen LogP contribution in [0, 0.1) is 0 Å². The molecule has 0 fully saturated rings. The van der Waals surface area contributed by atoms with E-state index in [4.69, 9.17) is 21.4 Å². The van der Waals surface area contributed by atoms with E-state index in [-0.39, 0.29) is 16.5 Å².